The van der Waals surface area contributed by atoms with Crippen LogP contribution in [0.2, 0.25) is 0 Å². The van der Waals surface area contributed by atoms with Crippen molar-refractivity contribution in [3.63, 3.8) is 0 Å². The zero-order valence-corrected chi connectivity index (χ0v) is 15.1. The van der Waals surface area contributed by atoms with E-state index in [1.54, 1.807) is 0 Å². The summed E-state index contributed by atoms with van der Waals surface area (Å²) in [6, 6.07) is 14.8. The fourth-order valence-corrected chi connectivity index (χ4v) is 3.90. The van der Waals surface area contributed by atoms with Gasteiger partial charge < -0.3 is 15.3 Å². The summed E-state index contributed by atoms with van der Waals surface area (Å²) in [6.45, 7) is 0. The number of rotatable bonds is 2. The number of hydrogen-bond donors (Lipinski definition) is 2. The van der Waals surface area contributed by atoms with E-state index in [2.05, 4.69) is 4.98 Å². The molecular formula is C19H20Cl2N2O2. The maximum Gasteiger partial charge on any atom is 0.227 e. The first-order chi connectivity index (χ1) is 11.6. The molecule has 1 fully saturated rings. The Labute approximate surface area is 157 Å². The summed E-state index contributed by atoms with van der Waals surface area (Å²) in [6.07, 6.45) is 2.48. The predicted octanol–water partition coefficient (Wildman–Crippen LogP) is 4.22. The summed E-state index contributed by atoms with van der Waals surface area (Å²) in [7, 11) is 0. The van der Waals surface area contributed by atoms with Crippen molar-refractivity contribution in [3.8, 4) is 11.5 Å². The van der Waals surface area contributed by atoms with Gasteiger partial charge in [-0.1, -0.05) is 30.7 Å². The molecule has 132 valence electrons. The maximum absolute atomic E-state index is 11.1. The Morgan fingerprint density at radius 3 is 2.52 bits per heavy atom. The number of nitrogens with zero attached hydrogens (tertiary/aromatic N) is 1. The van der Waals surface area contributed by atoms with Crippen LogP contribution in [-0.4, -0.2) is 21.5 Å². The Balaban J connectivity index is 0.00000182. The largest absolute Gasteiger partial charge is 0.436 e. The van der Waals surface area contributed by atoms with Crippen LogP contribution in [0.4, 0.5) is 0 Å². The van der Waals surface area contributed by atoms with Gasteiger partial charge in [0.15, 0.2) is 5.58 Å². The van der Waals surface area contributed by atoms with E-state index < -0.39 is 5.60 Å². The second kappa shape index (κ2) is 6.96. The molecule has 3 atom stereocenters. The molecule has 0 saturated heterocycles. The first-order valence-electron chi connectivity index (χ1n) is 8.17. The standard InChI is InChI=1S/C19H19ClN2O2.ClH/c20-16-6-3-7-17(21)19(16,23)13-10-8-12(9-11-13)18-22-14-4-1-2-5-15(14)24-18;/h1-2,4-5,8-11,16-17,23H,3,6-7,21H2;1H/t16-,17-,19+;/m0./s1. The topological polar surface area (TPSA) is 72.3 Å². The van der Waals surface area contributed by atoms with Gasteiger partial charge in [0, 0.05) is 11.6 Å². The van der Waals surface area contributed by atoms with E-state index in [1.165, 1.54) is 0 Å². The predicted molar refractivity (Wildman–Crippen MR) is 102 cm³/mol. The third-order valence-electron chi connectivity index (χ3n) is 4.90. The molecule has 0 unspecified atom stereocenters. The van der Waals surface area contributed by atoms with Gasteiger partial charge >= 0.3 is 0 Å². The Bertz CT molecular complexity index is 820. The molecule has 6 heteroatoms. The molecular weight excluding hydrogens is 359 g/mol. The lowest BCUT2D eigenvalue weighted by molar-refractivity contribution is -0.0149. The number of alkyl halides is 1. The van der Waals surface area contributed by atoms with Gasteiger partial charge in [0.1, 0.15) is 11.1 Å². The fraction of sp³-hybridized carbons (Fsp3) is 0.316. The van der Waals surface area contributed by atoms with Gasteiger partial charge in [-0.2, -0.15) is 0 Å². The monoisotopic (exact) mass is 378 g/mol. The van der Waals surface area contributed by atoms with Crippen molar-refractivity contribution in [1.29, 1.82) is 0 Å². The highest BCUT2D eigenvalue weighted by molar-refractivity contribution is 6.21. The lowest BCUT2D eigenvalue weighted by Crippen LogP contribution is -2.54. The average Bonchev–Trinajstić information content (AvgIpc) is 3.04. The van der Waals surface area contributed by atoms with Crippen LogP contribution in [0.5, 0.6) is 0 Å². The van der Waals surface area contributed by atoms with Gasteiger partial charge in [-0.25, -0.2) is 4.98 Å². The first kappa shape index (κ1) is 18.2. The van der Waals surface area contributed by atoms with Gasteiger partial charge in [-0.15, -0.1) is 24.0 Å². The minimum Gasteiger partial charge on any atom is -0.436 e. The molecule has 0 radical (unpaired) electrons. The highest BCUT2D eigenvalue weighted by atomic mass is 35.5. The number of fused-ring (bicyclic) bond motifs is 1. The third-order valence-corrected chi connectivity index (χ3v) is 5.45. The summed E-state index contributed by atoms with van der Waals surface area (Å²) in [4.78, 5) is 4.49. The zero-order valence-electron chi connectivity index (χ0n) is 13.6. The van der Waals surface area contributed by atoms with Crippen LogP contribution in [0, 0.1) is 0 Å². The zero-order chi connectivity index (χ0) is 16.7. The summed E-state index contributed by atoms with van der Waals surface area (Å²) >= 11 is 6.40. The molecule has 1 heterocycles. The number of oxazole rings is 1. The second-order valence-corrected chi connectivity index (χ2v) is 6.92. The average molecular weight is 379 g/mol. The molecule has 0 aliphatic heterocycles. The lowest BCUT2D eigenvalue weighted by atomic mass is 9.75. The minimum absolute atomic E-state index is 0. The van der Waals surface area contributed by atoms with Gasteiger partial charge in [0.05, 0.1) is 5.38 Å². The lowest BCUT2D eigenvalue weighted by Gasteiger charge is -2.42. The van der Waals surface area contributed by atoms with E-state index in [1.807, 2.05) is 48.5 Å². The molecule has 25 heavy (non-hydrogen) atoms. The van der Waals surface area contributed by atoms with Crippen LogP contribution in [0.15, 0.2) is 52.9 Å². The molecule has 1 saturated carbocycles. The van der Waals surface area contributed by atoms with Crippen molar-refractivity contribution in [2.24, 2.45) is 5.73 Å². The normalized spacial score (nSPS) is 26.4. The van der Waals surface area contributed by atoms with Gasteiger partial charge in [-0.3, -0.25) is 0 Å². The highest BCUT2D eigenvalue weighted by Gasteiger charge is 2.45. The molecule has 0 spiro atoms. The molecule has 1 aliphatic carbocycles. The third kappa shape index (κ3) is 3.04. The van der Waals surface area contributed by atoms with Crippen LogP contribution in [0.1, 0.15) is 24.8 Å². The van der Waals surface area contributed by atoms with Gasteiger partial charge in [0.25, 0.3) is 0 Å². The number of benzene rings is 2. The van der Waals surface area contributed by atoms with Crippen molar-refractivity contribution >= 4 is 35.1 Å². The Hall–Kier alpha value is -1.59. The summed E-state index contributed by atoms with van der Waals surface area (Å²) in [5.41, 5.74) is 8.16. The Morgan fingerprint density at radius 1 is 1.12 bits per heavy atom. The smallest absolute Gasteiger partial charge is 0.227 e. The van der Waals surface area contributed by atoms with E-state index >= 15 is 0 Å². The van der Waals surface area contributed by atoms with Crippen molar-refractivity contribution < 1.29 is 9.52 Å². The number of halogens is 2. The van der Waals surface area contributed by atoms with E-state index in [4.69, 9.17) is 21.8 Å². The Kier molecular flexibility index (Phi) is 5.07. The number of hydrogen-bond acceptors (Lipinski definition) is 4. The molecule has 3 N–H and O–H groups in total. The number of aromatic nitrogens is 1. The molecule has 4 nitrogen and oxygen atoms in total. The van der Waals surface area contributed by atoms with E-state index in [0.717, 1.165) is 41.5 Å². The Morgan fingerprint density at radius 2 is 1.84 bits per heavy atom. The maximum atomic E-state index is 11.1. The van der Waals surface area contributed by atoms with Crippen molar-refractivity contribution in [1.82, 2.24) is 4.98 Å². The highest BCUT2D eigenvalue weighted by Crippen LogP contribution is 2.40. The molecule has 2 aromatic carbocycles. The first-order valence-corrected chi connectivity index (χ1v) is 8.61. The van der Waals surface area contributed by atoms with Crippen LogP contribution < -0.4 is 5.73 Å². The number of nitrogens with two attached hydrogens (primary N) is 1. The number of para-hydroxylation sites is 2. The fourth-order valence-electron chi connectivity index (χ4n) is 3.46. The van der Waals surface area contributed by atoms with E-state index in [0.29, 0.717) is 5.89 Å². The van der Waals surface area contributed by atoms with Crippen molar-refractivity contribution in [3.05, 3.63) is 54.1 Å². The second-order valence-electron chi connectivity index (χ2n) is 6.39. The van der Waals surface area contributed by atoms with Crippen molar-refractivity contribution in [2.75, 3.05) is 0 Å². The van der Waals surface area contributed by atoms with Crippen molar-refractivity contribution in [2.45, 2.75) is 36.3 Å². The van der Waals surface area contributed by atoms with Gasteiger partial charge in [-0.05, 0) is 42.7 Å². The molecule has 0 amide bonds. The minimum atomic E-state index is -1.19. The molecule has 0 bridgehead atoms. The summed E-state index contributed by atoms with van der Waals surface area (Å²) in [5.74, 6) is 0.560. The van der Waals surface area contributed by atoms with E-state index in [-0.39, 0.29) is 23.8 Å². The quantitative estimate of drug-likeness (QED) is 0.654. The molecule has 3 aromatic rings. The van der Waals surface area contributed by atoms with Crippen LogP contribution in [-0.2, 0) is 5.60 Å². The number of aliphatic hydroxyl groups is 1. The molecule has 4 rings (SSSR count). The summed E-state index contributed by atoms with van der Waals surface area (Å²) in [5, 5.41) is 10.7. The SMILES string of the molecule is Cl.N[C@H]1CCC[C@H](Cl)[C@]1(O)c1ccc(-c2nc3ccccc3o2)cc1. The van der Waals surface area contributed by atoms with Crippen LogP contribution in [0.25, 0.3) is 22.6 Å². The van der Waals surface area contributed by atoms with E-state index in [9.17, 15) is 5.11 Å². The van der Waals surface area contributed by atoms with Crippen LogP contribution >= 0.6 is 24.0 Å². The molecule has 1 aliphatic rings. The summed E-state index contributed by atoms with van der Waals surface area (Å²) < 4.78 is 5.78. The molecule has 1 aromatic heterocycles. The van der Waals surface area contributed by atoms with Crippen LogP contribution in [0.3, 0.4) is 0 Å². The van der Waals surface area contributed by atoms with Gasteiger partial charge in [0.2, 0.25) is 5.89 Å².